The highest BCUT2D eigenvalue weighted by Crippen LogP contribution is 2.14. The summed E-state index contributed by atoms with van der Waals surface area (Å²) in [7, 11) is 0. The van der Waals surface area contributed by atoms with Gasteiger partial charge in [0.25, 0.3) is 0 Å². The molecule has 0 aliphatic heterocycles. The molecule has 0 radical (unpaired) electrons. The van der Waals surface area contributed by atoms with Crippen molar-refractivity contribution in [1.82, 2.24) is 5.32 Å². The monoisotopic (exact) mass is 309 g/mol. The summed E-state index contributed by atoms with van der Waals surface area (Å²) in [6.07, 6.45) is 1.31. The summed E-state index contributed by atoms with van der Waals surface area (Å²) in [6.45, 7) is 5.54. The van der Waals surface area contributed by atoms with E-state index in [1.807, 2.05) is 13.8 Å². The molecule has 4 nitrogen and oxygen atoms in total. The highest BCUT2D eigenvalue weighted by atomic mass is 19.1. The molecule has 0 saturated carbocycles. The fraction of sp³-hybridized carbons (Fsp3) is 0.529. The van der Waals surface area contributed by atoms with E-state index in [9.17, 15) is 14.0 Å². The third kappa shape index (κ3) is 5.84. The van der Waals surface area contributed by atoms with E-state index in [-0.39, 0.29) is 23.6 Å². The maximum absolute atomic E-state index is 13.5. The second-order valence-corrected chi connectivity index (χ2v) is 6.06. The van der Waals surface area contributed by atoms with Gasteiger partial charge >= 0.3 is 5.97 Å². The Morgan fingerprint density at radius 1 is 1.23 bits per heavy atom. The molecule has 5 heteroatoms. The normalized spacial score (nSPS) is 13.7. The summed E-state index contributed by atoms with van der Waals surface area (Å²) in [4.78, 5) is 23.2. The van der Waals surface area contributed by atoms with E-state index in [0.717, 1.165) is 0 Å². The van der Waals surface area contributed by atoms with E-state index in [0.29, 0.717) is 24.8 Å². The van der Waals surface area contributed by atoms with E-state index >= 15 is 0 Å². The molecule has 0 aromatic heterocycles. The largest absolute Gasteiger partial charge is 0.480 e. The van der Waals surface area contributed by atoms with Crippen LogP contribution < -0.4 is 5.32 Å². The van der Waals surface area contributed by atoms with Crippen LogP contribution >= 0.6 is 0 Å². The highest BCUT2D eigenvalue weighted by Gasteiger charge is 2.23. The summed E-state index contributed by atoms with van der Waals surface area (Å²) in [6, 6.07) is 5.59. The molecule has 2 N–H and O–H groups in total. The Morgan fingerprint density at radius 2 is 1.86 bits per heavy atom. The number of aryl methyl sites for hydroxylation is 1. The van der Waals surface area contributed by atoms with E-state index in [1.165, 1.54) is 6.07 Å². The fourth-order valence-electron chi connectivity index (χ4n) is 2.21. The average molecular weight is 309 g/mol. The highest BCUT2D eigenvalue weighted by molar-refractivity contribution is 5.84. The molecule has 1 aromatic rings. The fourth-order valence-corrected chi connectivity index (χ4v) is 2.21. The van der Waals surface area contributed by atoms with Gasteiger partial charge in [-0.25, -0.2) is 9.18 Å². The van der Waals surface area contributed by atoms with Crippen LogP contribution in [0.4, 0.5) is 4.39 Å². The van der Waals surface area contributed by atoms with Gasteiger partial charge in [0.2, 0.25) is 5.91 Å². The number of amides is 1. The van der Waals surface area contributed by atoms with Gasteiger partial charge in [0.05, 0.1) is 0 Å². The minimum Gasteiger partial charge on any atom is -0.480 e. The Balaban J connectivity index is 2.54. The maximum Gasteiger partial charge on any atom is 0.326 e. The molecule has 22 heavy (non-hydrogen) atoms. The van der Waals surface area contributed by atoms with Crippen molar-refractivity contribution in [3.63, 3.8) is 0 Å². The van der Waals surface area contributed by atoms with Gasteiger partial charge in [0.1, 0.15) is 11.9 Å². The van der Waals surface area contributed by atoms with Crippen molar-refractivity contribution in [1.29, 1.82) is 0 Å². The van der Waals surface area contributed by atoms with Crippen LogP contribution in [0, 0.1) is 17.7 Å². The van der Waals surface area contributed by atoms with Crippen molar-refractivity contribution in [2.75, 3.05) is 0 Å². The number of hydrogen-bond donors (Lipinski definition) is 2. The van der Waals surface area contributed by atoms with Gasteiger partial charge in [-0.2, -0.15) is 0 Å². The number of rotatable bonds is 8. The molecule has 0 heterocycles. The Kier molecular flexibility index (Phi) is 7.02. The van der Waals surface area contributed by atoms with Crippen LogP contribution in [0.15, 0.2) is 24.3 Å². The summed E-state index contributed by atoms with van der Waals surface area (Å²) >= 11 is 0. The van der Waals surface area contributed by atoms with Gasteiger partial charge in [-0.05, 0) is 36.8 Å². The minimum absolute atomic E-state index is 0.176. The van der Waals surface area contributed by atoms with Crippen molar-refractivity contribution in [2.24, 2.45) is 11.8 Å². The van der Waals surface area contributed by atoms with Crippen molar-refractivity contribution in [2.45, 2.75) is 46.1 Å². The van der Waals surface area contributed by atoms with Gasteiger partial charge < -0.3 is 10.4 Å². The SMILES string of the molecule is CC(C)C[C@@H](NC(=O)C(C)CCc1ccccc1F)C(=O)O. The maximum atomic E-state index is 13.5. The molecule has 0 saturated heterocycles. The zero-order valence-corrected chi connectivity index (χ0v) is 13.3. The topological polar surface area (TPSA) is 66.4 Å². The second-order valence-electron chi connectivity index (χ2n) is 6.06. The summed E-state index contributed by atoms with van der Waals surface area (Å²) in [5.41, 5.74) is 0.569. The number of carbonyl (C=O) groups is 2. The number of carbonyl (C=O) groups excluding carboxylic acids is 1. The first-order valence-electron chi connectivity index (χ1n) is 7.57. The first kappa shape index (κ1) is 18.1. The van der Waals surface area contributed by atoms with Gasteiger partial charge in [0.15, 0.2) is 0 Å². The number of carboxylic acids is 1. The first-order chi connectivity index (χ1) is 10.3. The minimum atomic E-state index is -1.02. The smallest absolute Gasteiger partial charge is 0.326 e. The standard InChI is InChI=1S/C17H24FNO3/c1-11(2)10-15(17(21)22)19-16(20)12(3)8-9-13-6-4-5-7-14(13)18/h4-7,11-12,15H,8-10H2,1-3H3,(H,19,20)(H,21,22)/t12?,15-/m1/s1. The molecule has 0 bridgehead atoms. The second kappa shape index (κ2) is 8.51. The Bertz CT molecular complexity index is 516. The first-order valence-corrected chi connectivity index (χ1v) is 7.57. The summed E-state index contributed by atoms with van der Waals surface area (Å²) in [5.74, 6) is -1.80. The molecule has 2 atom stereocenters. The zero-order chi connectivity index (χ0) is 16.7. The number of nitrogens with one attached hydrogen (secondary N) is 1. The van der Waals surface area contributed by atoms with Crippen molar-refractivity contribution >= 4 is 11.9 Å². The van der Waals surface area contributed by atoms with E-state index in [1.54, 1.807) is 25.1 Å². The van der Waals surface area contributed by atoms with Crippen LogP contribution in [-0.2, 0) is 16.0 Å². The van der Waals surface area contributed by atoms with E-state index < -0.39 is 12.0 Å². The molecule has 0 aliphatic rings. The Labute approximate surface area is 130 Å². The third-order valence-corrected chi connectivity index (χ3v) is 3.57. The molecular formula is C17H24FNO3. The lowest BCUT2D eigenvalue weighted by molar-refractivity contribution is -0.142. The van der Waals surface area contributed by atoms with Crippen molar-refractivity contribution in [3.05, 3.63) is 35.6 Å². The lowest BCUT2D eigenvalue weighted by Crippen LogP contribution is -2.43. The van der Waals surface area contributed by atoms with E-state index in [4.69, 9.17) is 5.11 Å². The molecular weight excluding hydrogens is 285 g/mol. The molecule has 0 aliphatic carbocycles. The van der Waals surface area contributed by atoms with Gasteiger partial charge in [-0.15, -0.1) is 0 Å². The molecule has 1 amide bonds. The number of halogens is 1. The molecule has 1 unspecified atom stereocenters. The van der Waals surface area contributed by atoms with Crippen molar-refractivity contribution < 1.29 is 19.1 Å². The third-order valence-electron chi connectivity index (χ3n) is 3.57. The molecule has 122 valence electrons. The van der Waals surface area contributed by atoms with E-state index in [2.05, 4.69) is 5.32 Å². The molecule has 0 fully saturated rings. The average Bonchev–Trinajstić information content (AvgIpc) is 2.44. The van der Waals surface area contributed by atoms with Crippen LogP contribution in [0.1, 0.15) is 39.2 Å². The van der Waals surface area contributed by atoms with Crippen LogP contribution in [0.25, 0.3) is 0 Å². The number of benzene rings is 1. The lowest BCUT2D eigenvalue weighted by Gasteiger charge is -2.19. The van der Waals surface area contributed by atoms with Gasteiger partial charge in [0, 0.05) is 5.92 Å². The molecule has 1 aromatic carbocycles. The van der Waals surface area contributed by atoms with Crippen LogP contribution in [0.2, 0.25) is 0 Å². The summed E-state index contributed by atoms with van der Waals surface area (Å²) < 4.78 is 13.5. The van der Waals surface area contributed by atoms with Crippen LogP contribution in [-0.4, -0.2) is 23.0 Å². The van der Waals surface area contributed by atoms with Gasteiger partial charge in [-0.1, -0.05) is 39.0 Å². The summed E-state index contributed by atoms with van der Waals surface area (Å²) in [5, 5.41) is 11.7. The predicted octanol–water partition coefficient (Wildman–Crippen LogP) is 3.01. The lowest BCUT2D eigenvalue weighted by atomic mass is 9.98. The Hall–Kier alpha value is -1.91. The Morgan fingerprint density at radius 3 is 2.41 bits per heavy atom. The van der Waals surface area contributed by atoms with Gasteiger partial charge in [-0.3, -0.25) is 4.79 Å². The number of carboxylic acid groups (broad SMARTS) is 1. The number of aliphatic carboxylic acids is 1. The molecule has 1 rings (SSSR count). The van der Waals surface area contributed by atoms with Crippen LogP contribution in [0.5, 0.6) is 0 Å². The van der Waals surface area contributed by atoms with Crippen LogP contribution in [0.3, 0.4) is 0 Å². The predicted molar refractivity (Wildman–Crippen MR) is 82.9 cm³/mol. The zero-order valence-electron chi connectivity index (χ0n) is 13.3. The number of hydrogen-bond acceptors (Lipinski definition) is 2. The quantitative estimate of drug-likeness (QED) is 0.776. The van der Waals surface area contributed by atoms with Crippen molar-refractivity contribution in [3.8, 4) is 0 Å². The molecule has 0 spiro atoms.